The molecule has 5 heteroatoms. The van der Waals surface area contributed by atoms with Gasteiger partial charge in [0, 0.05) is 45.8 Å². The number of likely N-dealkylation sites (tertiary alicyclic amines) is 1. The Labute approximate surface area is 129 Å². The molecule has 2 rings (SSSR count). The Kier molecular flexibility index (Phi) is 5.27. The van der Waals surface area contributed by atoms with Crippen LogP contribution in [0.15, 0.2) is 0 Å². The molecule has 1 saturated heterocycles. The van der Waals surface area contributed by atoms with Crippen molar-refractivity contribution in [1.82, 2.24) is 20.0 Å². The molecular weight excluding hydrogens is 262 g/mol. The maximum absolute atomic E-state index is 4.72. The van der Waals surface area contributed by atoms with Crippen LogP contribution in [0, 0.1) is 0 Å². The molecule has 2 heterocycles. The number of nitrogens with one attached hydrogen (secondary N) is 1. The van der Waals surface area contributed by atoms with Gasteiger partial charge < -0.3 is 15.1 Å². The standard InChI is InChI=1S/C16H31N5/c1-12(2)15-14(16(19(3)4)21(6)18-15)11-17-10-13-8-7-9-20(13)5/h12-13,17H,7-11H2,1-6H3/t13-/m1/s1. The van der Waals surface area contributed by atoms with Gasteiger partial charge in [0.2, 0.25) is 0 Å². The van der Waals surface area contributed by atoms with Gasteiger partial charge in [-0.25, -0.2) is 0 Å². The van der Waals surface area contributed by atoms with E-state index in [1.807, 2.05) is 11.7 Å². The van der Waals surface area contributed by atoms with Crippen molar-refractivity contribution in [3.8, 4) is 0 Å². The van der Waals surface area contributed by atoms with E-state index in [0.29, 0.717) is 12.0 Å². The summed E-state index contributed by atoms with van der Waals surface area (Å²) in [5, 5.41) is 8.38. The summed E-state index contributed by atoms with van der Waals surface area (Å²) in [5.41, 5.74) is 2.56. The monoisotopic (exact) mass is 293 g/mol. The van der Waals surface area contributed by atoms with Crippen molar-refractivity contribution in [3.63, 3.8) is 0 Å². The van der Waals surface area contributed by atoms with Gasteiger partial charge in [-0.2, -0.15) is 5.10 Å². The predicted octanol–water partition coefficient (Wildman–Crippen LogP) is 1.79. The molecule has 1 aromatic heterocycles. The molecule has 0 unspecified atom stereocenters. The molecule has 0 radical (unpaired) electrons. The fraction of sp³-hybridized carbons (Fsp3) is 0.812. The summed E-state index contributed by atoms with van der Waals surface area (Å²) in [6.07, 6.45) is 2.64. The van der Waals surface area contributed by atoms with Crippen molar-refractivity contribution in [3.05, 3.63) is 11.3 Å². The maximum Gasteiger partial charge on any atom is 0.130 e. The SMILES string of the molecule is CC(C)c1nn(C)c(N(C)C)c1CNC[C@H]1CCCN1C. The van der Waals surface area contributed by atoms with Crippen molar-refractivity contribution in [2.75, 3.05) is 39.1 Å². The largest absolute Gasteiger partial charge is 0.363 e. The fourth-order valence-corrected chi connectivity index (χ4v) is 3.37. The highest BCUT2D eigenvalue weighted by Gasteiger charge is 2.22. The lowest BCUT2D eigenvalue weighted by molar-refractivity contribution is 0.300. The summed E-state index contributed by atoms with van der Waals surface area (Å²) in [6.45, 7) is 7.64. The summed E-state index contributed by atoms with van der Waals surface area (Å²) >= 11 is 0. The van der Waals surface area contributed by atoms with Crippen LogP contribution in [-0.4, -0.2) is 55.0 Å². The van der Waals surface area contributed by atoms with Crippen LogP contribution in [0.2, 0.25) is 0 Å². The van der Waals surface area contributed by atoms with E-state index in [2.05, 4.69) is 50.1 Å². The zero-order valence-electron chi connectivity index (χ0n) is 14.5. The number of rotatable bonds is 6. The number of nitrogens with zero attached hydrogens (tertiary/aromatic N) is 4. The second-order valence-electron chi connectivity index (χ2n) is 6.77. The number of hydrogen-bond acceptors (Lipinski definition) is 4. The van der Waals surface area contributed by atoms with Crippen LogP contribution in [0.3, 0.4) is 0 Å². The lowest BCUT2D eigenvalue weighted by atomic mass is 10.1. The molecule has 21 heavy (non-hydrogen) atoms. The van der Waals surface area contributed by atoms with E-state index >= 15 is 0 Å². The molecule has 0 saturated carbocycles. The van der Waals surface area contributed by atoms with E-state index in [0.717, 1.165) is 13.1 Å². The fourth-order valence-electron chi connectivity index (χ4n) is 3.37. The van der Waals surface area contributed by atoms with Crippen molar-refractivity contribution in [1.29, 1.82) is 0 Å². The molecule has 0 spiro atoms. The van der Waals surface area contributed by atoms with E-state index < -0.39 is 0 Å². The first-order chi connectivity index (χ1) is 9.91. The lowest BCUT2D eigenvalue weighted by Gasteiger charge is -2.21. The van der Waals surface area contributed by atoms with Crippen LogP contribution in [0.25, 0.3) is 0 Å². The molecule has 1 aliphatic rings. The van der Waals surface area contributed by atoms with Crippen LogP contribution in [-0.2, 0) is 13.6 Å². The molecule has 5 nitrogen and oxygen atoms in total. The second kappa shape index (κ2) is 6.79. The summed E-state index contributed by atoms with van der Waals surface area (Å²) in [5.74, 6) is 1.67. The Morgan fingerprint density at radius 1 is 1.33 bits per heavy atom. The second-order valence-corrected chi connectivity index (χ2v) is 6.77. The highest BCUT2D eigenvalue weighted by molar-refractivity contribution is 5.50. The zero-order chi connectivity index (χ0) is 15.6. The normalized spacial score (nSPS) is 19.7. The van der Waals surface area contributed by atoms with Gasteiger partial charge >= 0.3 is 0 Å². The van der Waals surface area contributed by atoms with Crippen molar-refractivity contribution in [2.24, 2.45) is 7.05 Å². The third kappa shape index (κ3) is 3.58. The van der Waals surface area contributed by atoms with Gasteiger partial charge in [-0.1, -0.05) is 13.8 Å². The quantitative estimate of drug-likeness (QED) is 0.867. The molecule has 0 aromatic carbocycles. The molecule has 1 aromatic rings. The third-order valence-electron chi connectivity index (χ3n) is 4.47. The summed E-state index contributed by atoms with van der Waals surface area (Å²) in [4.78, 5) is 4.63. The van der Waals surface area contributed by atoms with E-state index in [4.69, 9.17) is 5.10 Å². The summed E-state index contributed by atoms with van der Waals surface area (Å²) < 4.78 is 2.01. The smallest absolute Gasteiger partial charge is 0.130 e. The van der Waals surface area contributed by atoms with E-state index in [1.54, 1.807) is 0 Å². The molecule has 1 N–H and O–H groups in total. The van der Waals surface area contributed by atoms with Gasteiger partial charge in [0.1, 0.15) is 5.82 Å². The highest BCUT2D eigenvalue weighted by Crippen LogP contribution is 2.27. The van der Waals surface area contributed by atoms with Crippen LogP contribution in [0.5, 0.6) is 0 Å². The minimum absolute atomic E-state index is 0.454. The Balaban J connectivity index is 2.07. The van der Waals surface area contributed by atoms with Gasteiger partial charge in [-0.05, 0) is 32.4 Å². The van der Waals surface area contributed by atoms with Gasteiger partial charge in [0.25, 0.3) is 0 Å². The van der Waals surface area contributed by atoms with Gasteiger partial charge in [-0.3, -0.25) is 4.68 Å². The predicted molar refractivity (Wildman–Crippen MR) is 89.0 cm³/mol. The maximum atomic E-state index is 4.72. The lowest BCUT2D eigenvalue weighted by Crippen LogP contribution is -2.35. The summed E-state index contributed by atoms with van der Waals surface area (Å²) in [7, 11) is 8.45. The molecule has 1 fully saturated rings. The molecule has 0 bridgehead atoms. The average molecular weight is 293 g/mol. The van der Waals surface area contributed by atoms with E-state index in [1.165, 1.54) is 36.5 Å². The molecule has 0 amide bonds. The van der Waals surface area contributed by atoms with E-state index in [-0.39, 0.29) is 0 Å². The molecule has 0 aliphatic carbocycles. The van der Waals surface area contributed by atoms with Gasteiger partial charge in [0.05, 0.1) is 5.69 Å². The van der Waals surface area contributed by atoms with Crippen LogP contribution in [0.1, 0.15) is 43.9 Å². The number of hydrogen-bond donors (Lipinski definition) is 1. The first-order valence-electron chi connectivity index (χ1n) is 8.05. The Bertz CT molecular complexity index is 463. The average Bonchev–Trinajstić information content (AvgIpc) is 2.94. The van der Waals surface area contributed by atoms with Crippen LogP contribution in [0.4, 0.5) is 5.82 Å². The third-order valence-corrected chi connectivity index (χ3v) is 4.47. The number of aryl methyl sites for hydroxylation is 1. The molecule has 120 valence electrons. The van der Waals surface area contributed by atoms with E-state index in [9.17, 15) is 0 Å². The van der Waals surface area contributed by atoms with Crippen LogP contribution < -0.4 is 10.2 Å². The Morgan fingerprint density at radius 2 is 2.05 bits per heavy atom. The first kappa shape index (κ1) is 16.3. The minimum atomic E-state index is 0.454. The molecular formula is C16H31N5. The highest BCUT2D eigenvalue weighted by atomic mass is 15.4. The Morgan fingerprint density at radius 3 is 2.57 bits per heavy atom. The number of likely N-dealkylation sites (N-methyl/N-ethyl adjacent to an activating group) is 1. The topological polar surface area (TPSA) is 36.3 Å². The van der Waals surface area contributed by atoms with Gasteiger partial charge in [-0.15, -0.1) is 0 Å². The van der Waals surface area contributed by atoms with Gasteiger partial charge in [0.15, 0.2) is 0 Å². The zero-order valence-corrected chi connectivity index (χ0v) is 14.5. The molecule has 1 aliphatic heterocycles. The van der Waals surface area contributed by atoms with Crippen LogP contribution >= 0.6 is 0 Å². The Hall–Kier alpha value is -1.07. The summed E-state index contributed by atoms with van der Waals surface area (Å²) in [6, 6.07) is 0.687. The number of anilines is 1. The van der Waals surface area contributed by atoms with Crippen molar-refractivity contribution < 1.29 is 0 Å². The van der Waals surface area contributed by atoms with Crippen molar-refractivity contribution >= 4 is 5.82 Å². The van der Waals surface area contributed by atoms with Crippen molar-refractivity contribution in [2.45, 2.75) is 45.2 Å². The number of aromatic nitrogens is 2. The minimum Gasteiger partial charge on any atom is -0.363 e. The first-order valence-corrected chi connectivity index (χ1v) is 8.05. The molecule has 1 atom stereocenters.